The smallest absolute Gasteiger partial charge is 0.407 e. The van der Waals surface area contributed by atoms with Crippen LogP contribution in [0.15, 0.2) is 66.7 Å². The van der Waals surface area contributed by atoms with Crippen molar-refractivity contribution >= 4 is 6.09 Å². The fourth-order valence-corrected chi connectivity index (χ4v) is 4.86. The van der Waals surface area contributed by atoms with E-state index in [1.54, 1.807) is 0 Å². The number of aliphatic hydroxyl groups is 2. The first-order valence-electron chi connectivity index (χ1n) is 13.0. The number of rotatable bonds is 6. The van der Waals surface area contributed by atoms with Crippen molar-refractivity contribution in [2.24, 2.45) is 0 Å². The molecule has 3 aromatic carbocycles. The van der Waals surface area contributed by atoms with Crippen LogP contribution < -0.4 is 5.32 Å². The molecule has 0 spiro atoms. The Bertz CT molecular complexity index is 1190. The van der Waals surface area contributed by atoms with Gasteiger partial charge in [0, 0.05) is 12.5 Å². The Balaban J connectivity index is 1.40. The van der Waals surface area contributed by atoms with Crippen molar-refractivity contribution in [3.05, 3.63) is 94.5 Å². The van der Waals surface area contributed by atoms with Gasteiger partial charge in [-0.25, -0.2) is 4.79 Å². The number of nitrogens with one attached hydrogen (secondary N) is 1. The van der Waals surface area contributed by atoms with Gasteiger partial charge in [-0.3, -0.25) is 0 Å². The second kappa shape index (κ2) is 10.3. The van der Waals surface area contributed by atoms with Crippen LogP contribution in [0, 0.1) is 0 Å². The average molecular weight is 502 g/mol. The molecule has 5 heteroatoms. The number of hydrogen-bond donors (Lipinski definition) is 3. The summed E-state index contributed by atoms with van der Waals surface area (Å²) in [6.45, 7) is 12.8. The van der Waals surface area contributed by atoms with Gasteiger partial charge in [0.05, 0.1) is 0 Å². The highest BCUT2D eigenvalue weighted by atomic mass is 16.5. The van der Waals surface area contributed by atoms with Gasteiger partial charge in [0.2, 0.25) is 0 Å². The van der Waals surface area contributed by atoms with Crippen molar-refractivity contribution in [2.45, 2.75) is 70.5 Å². The SMILES string of the molecule is CC(C)(C)c1cc(C(O)C(O)CNC(=O)OCC2c3ccccc3-c3ccccc32)cc(C(C)(C)C)c1. The second-order valence-electron chi connectivity index (χ2n) is 12.1. The third-order valence-corrected chi connectivity index (χ3v) is 7.19. The van der Waals surface area contributed by atoms with Crippen molar-refractivity contribution in [2.75, 3.05) is 13.2 Å². The van der Waals surface area contributed by atoms with E-state index in [0.717, 1.165) is 33.4 Å². The average Bonchev–Trinajstić information content (AvgIpc) is 3.18. The third kappa shape index (κ3) is 5.89. The number of benzene rings is 3. The minimum absolute atomic E-state index is 0.0374. The quantitative estimate of drug-likeness (QED) is 0.375. The molecule has 0 aromatic heterocycles. The van der Waals surface area contributed by atoms with E-state index in [2.05, 4.69) is 77.2 Å². The number of ether oxygens (including phenoxy) is 1. The van der Waals surface area contributed by atoms with Crippen LogP contribution in [0.3, 0.4) is 0 Å². The zero-order valence-electron chi connectivity index (χ0n) is 22.7. The maximum absolute atomic E-state index is 12.5. The lowest BCUT2D eigenvalue weighted by Crippen LogP contribution is -2.36. The molecule has 2 unspecified atom stereocenters. The van der Waals surface area contributed by atoms with Crippen LogP contribution in [0.4, 0.5) is 4.79 Å². The number of amides is 1. The number of alkyl carbamates (subject to hydrolysis) is 1. The molecular formula is C32H39NO4. The van der Waals surface area contributed by atoms with Gasteiger partial charge in [0.1, 0.15) is 18.8 Å². The molecular weight excluding hydrogens is 462 g/mol. The first-order valence-corrected chi connectivity index (χ1v) is 13.0. The van der Waals surface area contributed by atoms with Gasteiger partial charge >= 0.3 is 6.09 Å². The van der Waals surface area contributed by atoms with Crippen molar-refractivity contribution in [3.8, 4) is 11.1 Å². The lowest BCUT2D eigenvalue weighted by molar-refractivity contribution is 0.0184. The summed E-state index contributed by atoms with van der Waals surface area (Å²) in [6, 6.07) is 22.4. The molecule has 0 fully saturated rings. The van der Waals surface area contributed by atoms with Gasteiger partial charge in [-0.2, -0.15) is 0 Å². The molecule has 1 aliphatic carbocycles. The summed E-state index contributed by atoms with van der Waals surface area (Å²) in [5.74, 6) is -0.0374. The van der Waals surface area contributed by atoms with E-state index in [1.165, 1.54) is 0 Å². The van der Waals surface area contributed by atoms with E-state index in [4.69, 9.17) is 4.74 Å². The monoisotopic (exact) mass is 501 g/mol. The Morgan fingerprint density at radius 2 is 1.32 bits per heavy atom. The van der Waals surface area contributed by atoms with Crippen LogP contribution in [0.2, 0.25) is 0 Å². The Kier molecular flexibility index (Phi) is 7.50. The highest BCUT2D eigenvalue weighted by Gasteiger charge is 2.29. The Morgan fingerprint density at radius 3 is 1.81 bits per heavy atom. The third-order valence-electron chi connectivity index (χ3n) is 7.19. The molecule has 37 heavy (non-hydrogen) atoms. The van der Waals surface area contributed by atoms with Crippen LogP contribution in [-0.4, -0.2) is 35.6 Å². The van der Waals surface area contributed by atoms with Gasteiger partial charge < -0.3 is 20.3 Å². The summed E-state index contributed by atoms with van der Waals surface area (Å²) >= 11 is 0. The Hall–Kier alpha value is -3.15. The molecule has 5 nitrogen and oxygen atoms in total. The van der Waals surface area contributed by atoms with Crippen LogP contribution in [0.5, 0.6) is 0 Å². The van der Waals surface area contributed by atoms with Gasteiger partial charge in [0.15, 0.2) is 0 Å². The molecule has 0 saturated carbocycles. The summed E-state index contributed by atoms with van der Waals surface area (Å²) in [4.78, 5) is 12.5. The molecule has 196 valence electrons. The number of fused-ring (bicyclic) bond motifs is 3. The second-order valence-corrected chi connectivity index (χ2v) is 12.1. The minimum atomic E-state index is -1.18. The summed E-state index contributed by atoms with van der Waals surface area (Å²) in [5, 5.41) is 24.3. The van der Waals surface area contributed by atoms with E-state index in [9.17, 15) is 15.0 Å². The predicted octanol–water partition coefficient (Wildman–Crippen LogP) is 6.21. The molecule has 4 rings (SSSR count). The van der Waals surface area contributed by atoms with E-state index >= 15 is 0 Å². The van der Waals surface area contributed by atoms with Gasteiger partial charge in [-0.15, -0.1) is 0 Å². The number of carbonyl (C=O) groups is 1. The highest BCUT2D eigenvalue weighted by molar-refractivity contribution is 5.79. The maximum atomic E-state index is 12.5. The van der Waals surface area contributed by atoms with E-state index in [-0.39, 0.29) is 29.9 Å². The zero-order valence-corrected chi connectivity index (χ0v) is 22.7. The molecule has 0 bridgehead atoms. The van der Waals surface area contributed by atoms with E-state index in [0.29, 0.717) is 5.56 Å². The topological polar surface area (TPSA) is 78.8 Å². The fraction of sp³-hybridized carbons (Fsp3) is 0.406. The zero-order chi connectivity index (χ0) is 27.0. The highest BCUT2D eigenvalue weighted by Crippen LogP contribution is 2.44. The summed E-state index contributed by atoms with van der Waals surface area (Å²) < 4.78 is 5.56. The first kappa shape index (κ1) is 26.9. The van der Waals surface area contributed by atoms with Crippen LogP contribution >= 0.6 is 0 Å². The Labute approximate surface area is 220 Å². The van der Waals surface area contributed by atoms with Gasteiger partial charge in [0.25, 0.3) is 0 Å². The molecule has 0 heterocycles. The molecule has 0 aliphatic heterocycles. The number of aliphatic hydroxyl groups excluding tert-OH is 2. The molecule has 1 amide bonds. The fourth-order valence-electron chi connectivity index (χ4n) is 4.86. The summed E-state index contributed by atoms with van der Waals surface area (Å²) in [5.41, 5.74) is 7.20. The minimum Gasteiger partial charge on any atom is -0.449 e. The van der Waals surface area contributed by atoms with Crippen LogP contribution in [0.1, 0.15) is 81.4 Å². The first-order chi connectivity index (χ1) is 17.4. The molecule has 1 aliphatic rings. The van der Waals surface area contributed by atoms with Crippen LogP contribution in [-0.2, 0) is 15.6 Å². The van der Waals surface area contributed by atoms with Crippen molar-refractivity contribution in [3.63, 3.8) is 0 Å². The van der Waals surface area contributed by atoms with Crippen molar-refractivity contribution in [1.29, 1.82) is 0 Å². The summed E-state index contributed by atoms with van der Waals surface area (Å²) in [6.07, 6.45) is -2.94. The standard InChI is InChI=1S/C32H39NO4/c1-31(2,3)21-15-20(16-22(17-21)32(4,5)6)29(35)28(34)18-33-30(36)37-19-27-25-13-9-7-11-23(25)24-12-8-10-14-26(24)27/h7-17,27-29,34-35H,18-19H2,1-6H3,(H,33,36). The number of hydrogen-bond acceptors (Lipinski definition) is 4. The van der Waals surface area contributed by atoms with Gasteiger partial charge in [-0.05, 0) is 49.8 Å². The van der Waals surface area contributed by atoms with E-state index in [1.807, 2.05) is 36.4 Å². The Morgan fingerprint density at radius 1 is 0.838 bits per heavy atom. The van der Waals surface area contributed by atoms with Crippen molar-refractivity contribution < 1.29 is 19.7 Å². The van der Waals surface area contributed by atoms with Gasteiger partial charge in [-0.1, -0.05) is 108 Å². The van der Waals surface area contributed by atoms with Crippen LogP contribution in [0.25, 0.3) is 11.1 Å². The molecule has 2 atom stereocenters. The maximum Gasteiger partial charge on any atom is 0.407 e. The molecule has 3 N–H and O–H groups in total. The lowest BCUT2D eigenvalue weighted by atomic mass is 9.79. The molecule has 3 aromatic rings. The van der Waals surface area contributed by atoms with Crippen molar-refractivity contribution in [1.82, 2.24) is 5.32 Å². The summed E-state index contributed by atoms with van der Waals surface area (Å²) in [7, 11) is 0. The normalized spacial score (nSPS) is 15.0. The molecule has 0 saturated heterocycles. The molecule has 0 radical (unpaired) electrons. The number of carbonyl (C=O) groups excluding carboxylic acids is 1. The lowest BCUT2D eigenvalue weighted by Gasteiger charge is -2.28. The predicted molar refractivity (Wildman–Crippen MR) is 148 cm³/mol. The largest absolute Gasteiger partial charge is 0.449 e. The van der Waals surface area contributed by atoms with E-state index < -0.39 is 18.3 Å².